The molecule has 0 amide bonds. The minimum absolute atomic E-state index is 0.401. The number of sulfonamides is 1. The number of rotatable bonds is 5. The molecule has 16 heavy (non-hydrogen) atoms. The van der Waals surface area contributed by atoms with E-state index >= 15 is 0 Å². The fraction of sp³-hybridized carbons (Fsp3) is 0.455. The number of hydrogen-bond donors (Lipinski definition) is 0. The number of nitrogens with zero attached hydrogens (tertiary/aromatic N) is 1. The monoisotopic (exact) mass is 305 g/mol. The Kier molecular flexibility index (Phi) is 4.95. The van der Waals surface area contributed by atoms with Crippen LogP contribution in [0.5, 0.6) is 0 Å². The minimum Gasteiger partial charge on any atom is -0.207 e. The van der Waals surface area contributed by atoms with E-state index < -0.39 is 10.0 Å². The Balaban J connectivity index is 3.15. The first-order chi connectivity index (χ1) is 7.54. The van der Waals surface area contributed by atoms with Crippen LogP contribution in [-0.2, 0) is 10.0 Å². The number of halogens is 1. The zero-order valence-electron chi connectivity index (χ0n) is 9.48. The maximum atomic E-state index is 12.3. The van der Waals surface area contributed by atoms with E-state index in [9.17, 15) is 8.42 Å². The van der Waals surface area contributed by atoms with Gasteiger partial charge in [-0.2, -0.15) is 4.31 Å². The van der Waals surface area contributed by atoms with Crippen LogP contribution in [0.25, 0.3) is 0 Å². The first kappa shape index (κ1) is 13.7. The van der Waals surface area contributed by atoms with E-state index in [4.69, 9.17) is 0 Å². The largest absolute Gasteiger partial charge is 0.243 e. The van der Waals surface area contributed by atoms with Crippen LogP contribution < -0.4 is 0 Å². The molecule has 0 aromatic heterocycles. The van der Waals surface area contributed by atoms with Crippen molar-refractivity contribution in [2.45, 2.75) is 18.7 Å². The maximum Gasteiger partial charge on any atom is 0.243 e. The highest BCUT2D eigenvalue weighted by molar-refractivity contribution is 9.09. The van der Waals surface area contributed by atoms with Crippen molar-refractivity contribution in [1.29, 1.82) is 0 Å². The van der Waals surface area contributed by atoms with Gasteiger partial charge < -0.3 is 0 Å². The molecular weight excluding hydrogens is 290 g/mol. The Morgan fingerprint density at radius 2 is 1.94 bits per heavy atom. The topological polar surface area (TPSA) is 37.4 Å². The van der Waals surface area contributed by atoms with Crippen LogP contribution >= 0.6 is 15.9 Å². The second-order valence-corrected chi connectivity index (χ2v) is 6.15. The van der Waals surface area contributed by atoms with E-state index in [-0.39, 0.29) is 0 Å². The van der Waals surface area contributed by atoms with Crippen LogP contribution in [0.15, 0.2) is 29.2 Å². The van der Waals surface area contributed by atoms with Crippen LogP contribution in [0, 0.1) is 6.92 Å². The highest BCUT2D eigenvalue weighted by Crippen LogP contribution is 2.19. The molecule has 0 radical (unpaired) electrons. The number of hydrogen-bond acceptors (Lipinski definition) is 2. The first-order valence-electron chi connectivity index (χ1n) is 5.15. The van der Waals surface area contributed by atoms with Crippen molar-refractivity contribution in [3.05, 3.63) is 29.8 Å². The molecule has 1 aromatic rings. The van der Waals surface area contributed by atoms with Gasteiger partial charge in [0.1, 0.15) is 0 Å². The molecule has 0 spiro atoms. The van der Waals surface area contributed by atoms with Crippen molar-refractivity contribution < 1.29 is 8.42 Å². The zero-order valence-corrected chi connectivity index (χ0v) is 11.9. The summed E-state index contributed by atoms with van der Waals surface area (Å²) in [5.41, 5.74) is 0.788. The summed E-state index contributed by atoms with van der Waals surface area (Å²) >= 11 is 3.27. The molecule has 5 heteroatoms. The summed E-state index contributed by atoms with van der Waals surface area (Å²) in [5.74, 6) is 0. The average Bonchev–Trinajstić information content (AvgIpc) is 2.26. The highest BCUT2D eigenvalue weighted by Gasteiger charge is 2.23. The molecule has 0 N–H and O–H groups in total. The third kappa shape index (κ3) is 2.84. The molecule has 0 saturated heterocycles. The van der Waals surface area contributed by atoms with Gasteiger partial charge in [0.05, 0.1) is 4.90 Å². The van der Waals surface area contributed by atoms with Crippen molar-refractivity contribution in [3.63, 3.8) is 0 Å². The molecule has 0 unspecified atom stereocenters. The molecule has 0 bridgehead atoms. The number of alkyl halides is 1. The molecule has 0 saturated carbocycles. The Labute approximate surface area is 106 Å². The quantitative estimate of drug-likeness (QED) is 0.783. The molecule has 0 aliphatic rings. The lowest BCUT2D eigenvalue weighted by Crippen LogP contribution is -2.32. The summed E-state index contributed by atoms with van der Waals surface area (Å²) in [7, 11) is -3.34. The fourth-order valence-corrected chi connectivity index (χ4v) is 3.87. The normalized spacial score (nSPS) is 12.0. The van der Waals surface area contributed by atoms with E-state index in [2.05, 4.69) is 15.9 Å². The zero-order chi connectivity index (χ0) is 12.2. The van der Waals surface area contributed by atoms with Crippen LogP contribution in [0.3, 0.4) is 0 Å². The predicted molar refractivity (Wildman–Crippen MR) is 69.4 cm³/mol. The molecule has 90 valence electrons. The molecule has 0 heterocycles. The van der Waals surface area contributed by atoms with E-state index in [0.29, 0.717) is 23.3 Å². The van der Waals surface area contributed by atoms with Gasteiger partial charge in [0.25, 0.3) is 0 Å². The third-order valence-electron chi connectivity index (χ3n) is 2.40. The van der Waals surface area contributed by atoms with Crippen molar-refractivity contribution in [1.82, 2.24) is 4.31 Å². The second-order valence-electron chi connectivity index (χ2n) is 3.45. The molecule has 3 nitrogen and oxygen atoms in total. The van der Waals surface area contributed by atoms with E-state index in [1.54, 1.807) is 12.1 Å². The minimum atomic E-state index is -3.34. The summed E-state index contributed by atoms with van der Waals surface area (Å²) in [5, 5.41) is 0.645. The van der Waals surface area contributed by atoms with Crippen LogP contribution in [0.4, 0.5) is 0 Å². The van der Waals surface area contributed by atoms with Gasteiger partial charge in [-0.3, -0.25) is 0 Å². The summed E-state index contributed by atoms with van der Waals surface area (Å²) < 4.78 is 26.0. The smallest absolute Gasteiger partial charge is 0.207 e. The van der Waals surface area contributed by atoms with Gasteiger partial charge in [0, 0.05) is 18.4 Å². The van der Waals surface area contributed by atoms with E-state index in [1.165, 1.54) is 4.31 Å². The van der Waals surface area contributed by atoms with Gasteiger partial charge in [-0.15, -0.1) is 0 Å². The van der Waals surface area contributed by atoms with Crippen molar-refractivity contribution >= 4 is 26.0 Å². The Hall–Kier alpha value is -0.390. The lowest BCUT2D eigenvalue weighted by atomic mass is 10.2. The predicted octanol–water partition coefficient (Wildman–Crippen LogP) is 2.40. The highest BCUT2D eigenvalue weighted by atomic mass is 79.9. The van der Waals surface area contributed by atoms with Crippen molar-refractivity contribution in [2.75, 3.05) is 18.4 Å². The number of benzene rings is 1. The molecule has 0 aliphatic carbocycles. The van der Waals surface area contributed by atoms with Gasteiger partial charge in [0.15, 0.2) is 0 Å². The second kappa shape index (κ2) is 5.80. The van der Waals surface area contributed by atoms with Gasteiger partial charge >= 0.3 is 0 Å². The van der Waals surface area contributed by atoms with Crippen LogP contribution in [-0.4, -0.2) is 31.1 Å². The van der Waals surface area contributed by atoms with Crippen LogP contribution in [0.2, 0.25) is 0 Å². The van der Waals surface area contributed by atoms with E-state index in [1.807, 2.05) is 26.0 Å². The standard InChI is InChI=1S/C11H16BrNO2S/c1-3-13(9-8-12)16(14,15)11-7-5-4-6-10(11)2/h4-7H,3,8-9H2,1-2H3. The lowest BCUT2D eigenvalue weighted by molar-refractivity contribution is 0.448. The van der Waals surface area contributed by atoms with Gasteiger partial charge in [0.2, 0.25) is 10.0 Å². The number of aryl methyl sites for hydroxylation is 1. The summed E-state index contributed by atoms with van der Waals surface area (Å²) in [6, 6.07) is 7.06. The Morgan fingerprint density at radius 3 is 2.44 bits per heavy atom. The lowest BCUT2D eigenvalue weighted by Gasteiger charge is -2.20. The summed E-state index contributed by atoms with van der Waals surface area (Å²) in [6.45, 7) is 4.64. The molecule has 1 rings (SSSR count). The fourth-order valence-electron chi connectivity index (χ4n) is 1.53. The molecule has 0 fully saturated rings. The van der Waals surface area contributed by atoms with Gasteiger partial charge in [-0.25, -0.2) is 8.42 Å². The first-order valence-corrected chi connectivity index (χ1v) is 7.72. The average molecular weight is 306 g/mol. The third-order valence-corrected chi connectivity index (χ3v) is 4.89. The van der Waals surface area contributed by atoms with E-state index in [0.717, 1.165) is 5.56 Å². The Bertz CT molecular complexity index is 445. The Morgan fingerprint density at radius 1 is 1.31 bits per heavy atom. The van der Waals surface area contributed by atoms with Gasteiger partial charge in [-0.1, -0.05) is 41.1 Å². The molecular formula is C11H16BrNO2S. The molecule has 0 aliphatic heterocycles. The molecule has 1 aromatic carbocycles. The summed E-state index contributed by atoms with van der Waals surface area (Å²) in [6.07, 6.45) is 0. The molecule has 0 atom stereocenters. The summed E-state index contributed by atoms with van der Waals surface area (Å²) in [4.78, 5) is 0.401. The van der Waals surface area contributed by atoms with Gasteiger partial charge in [-0.05, 0) is 18.6 Å². The van der Waals surface area contributed by atoms with Crippen molar-refractivity contribution in [2.24, 2.45) is 0 Å². The van der Waals surface area contributed by atoms with Crippen LogP contribution in [0.1, 0.15) is 12.5 Å². The SMILES string of the molecule is CCN(CCBr)S(=O)(=O)c1ccccc1C. The van der Waals surface area contributed by atoms with Crippen molar-refractivity contribution in [3.8, 4) is 0 Å². The maximum absolute atomic E-state index is 12.3.